The Morgan fingerprint density at radius 3 is 1.31 bits per heavy atom. The number of hydrogen-bond donors (Lipinski definition) is 3. The molecule has 0 aliphatic carbocycles. The van der Waals surface area contributed by atoms with Crippen LogP contribution >= 0.6 is 7.82 Å². The van der Waals surface area contributed by atoms with Crippen molar-refractivity contribution >= 4 is 13.8 Å². The molecule has 62 heavy (non-hydrogen) atoms. The van der Waals surface area contributed by atoms with Gasteiger partial charge in [0.05, 0.1) is 26.4 Å². The first-order valence-corrected chi connectivity index (χ1v) is 27.5. The van der Waals surface area contributed by atoms with E-state index in [-0.39, 0.29) is 25.6 Å². The summed E-state index contributed by atoms with van der Waals surface area (Å²) < 4.78 is 33.5. The van der Waals surface area contributed by atoms with E-state index in [4.69, 9.17) is 23.6 Å². The second kappa shape index (κ2) is 49.1. The van der Waals surface area contributed by atoms with Gasteiger partial charge in [0.2, 0.25) is 0 Å². The largest absolute Gasteiger partial charge is 0.472 e. The Balaban J connectivity index is 4.04. The number of ether oxygens (including phenoxy) is 2. The van der Waals surface area contributed by atoms with E-state index in [0.29, 0.717) is 6.61 Å². The van der Waals surface area contributed by atoms with Crippen molar-refractivity contribution in [1.82, 2.24) is 0 Å². The SMILES string of the molecule is CCCCCCC/C=C\C/C=C\CCCCCCCCCCCCCCOCC(COP(=O)(O)OCC(O)CO)OC(=O)CCCCCCCCC/C=C\CCCCCCCC. The van der Waals surface area contributed by atoms with Crippen LogP contribution in [0, 0.1) is 0 Å². The van der Waals surface area contributed by atoms with E-state index in [0.717, 1.165) is 57.8 Å². The van der Waals surface area contributed by atoms with Crippen LogP contribution < -0.4 is 0 Å². The molecule has 0 radical (unpaired) electrons. The predicted molar refractivity (Wildman–Crippen MR) is 261 cm³/mol. The van der Waals surface area contributed by atoms with Crippen LogP contribution in [0.4, 0.5) is 0 Å². The Kier molecular flexibility index (Phi) is 48.1. The number of rotatable bonds is 50. The Morgan fingerprint density at radius 2 is 0.871 bits per heavy atom. The summed E-state index contributed by atoms with van der Waals surface area (Å²) >= 11 is 0. The van der Waals surface area contributed by atoms with E-state index < -0.39 is 33.2 Å². The Hall–Kier alpha value is -1.32. The van der Waals surface area contributed by atoms with E-state index in [1.807, 2.05) is 0 Å². The molecule has 0 aromatic rings. The lowest BCUT2D eigenvalue weighted by molar-refractivity contribution is -0.154. The topological polar surface area (TPSA) is 132 Å². The average Bonchev–Trinajstić information content (AvgIpc) is 3.26. The first-order chi connectivity index (χ1) is 30.3. The van der Waals surface area contributed by atoms with Crippen molar-refractivity contribution in [3.8, 4) is 0 Å². The molecule has 0 saturated carbocycles. The lowest BCUT2D eigenvalue weighted by Crippen LogP contribution is -2.29. The lowest BCUT2D eigenvalue weighted by atomic mass is 10.0. The maximum absolute atomic E-state index is 12.7. The van der Waals surface area contributed by atoms with Gasteiger partial charge >= 0.3 is 13.8 Å². The van der Waals surface area contributed by atoms with Crippen molar-refractivity contribution < 1.29 is 43.0 Å². The van der Waals surface area contributed by atoms with Crippen LogP contribution in [0.5, 0.6) is 0 Å². The number of unbranched alkanes of at least 4 members (excludes halogenated alkanes) is 30. The molecule has 0 aliphatic heterocycles. The first kappa shape index (κ1) is 60.7. The standard InChI is InChI=1S/C52H99O9P/c1-3-5-7-9-11-13-15-17-19-21-22-23-24-25-26-27-29-31-33-35-37-39-41-43-45-58-48-51(49-60-62(56,57)59-47-50(54)46-53)61-52(55)44-42-40-38-36-34-32-30-28-20-18-16-14-12-10-8-6-4-2/h15,17-18,20-22,50-51,53-54H,3-14,16,19,23-49H2,1-2H3,(H,56,57)/b17-15-,20-18-,22-21-. The summed E-state index contributed by atoms with van der Waals surface area (Å²) in [5.74, 6) is -0.385. The normalized spacial score (nSPS) is 14.1. The molecule has 9 nitrogen and oxygen atoms in total. The number of hydrogen-bond acceptors (Lipinski definition) is 8. The van der Waals surface area contributed by atoms with Gasteiger partial charge in [-0.1, -0.05) is 204 Å². The smallest absolute Gasteiger partial charge is 0.457 e. The zero-order valence-electron chi connectivity index (χ0n) is 40.3. The number of esters is 1. The molecule has 0 aliphatic rings. The molecule has 0 bridgehead atoms. The van der Waals surface area contributed by atoms with Crippen LogP contribution in [0.25, 0.3) is 0 Å². The van der Waals surface area contributed by atoms with Crippen LogP contribution in [0.15, 0.2) is 36.5 Å². The molecule has 0 rings (SSSR count). The van der Waals surface area contributed by atoms with Gasteiger partial charge in [0.25, 0.3) is 0 Å². The highest BCUT2D eigenvalue weighted by molar-refractivity contribution is 7.47. The zero-order chi connectivity index (χ0) is 45.3. The molecule has 3 atom stereocenters. The molecule has 0 aromatic carbocycles. The third kappa shape index (κ3) is 48.1. The minimum absolute atomic E-state index is 0.0485. The van der Waals surface area contributed by atoms with Crippen LogP contribution in [-0.2, 0) is 27.9 Å². The molecule has 0 amide bonds. The van der Waals surface area contributed by atoms with Crippen LogP contribution in [0.3, 0.4) is 0 Å². The van der Waals surface area contributed by atoms with Crippen LogP contribution in [-0.4, -0.2) is 66.3 Å². The highest BCUT2D eigenvalue weighted by Crippen LogP contribution is 2.43. The lowest BCUT2D eigenvalue weighted by Gasteiger charge is -2.20. The summed E-state index contributed by atoms with van der Waals surface area (Å²) in [5.41, 5.74) is 0. The molecule has 10 heteroatoms. The number of allylic oxidation sites excluding steroid dienone is 6. The number of aliphatic hydroxyl groups excluding tert-OH is 2. The van der Waals surface area contributed by atoms with Gasteiger partial charge in [0, 0.05) is 13.0 Å². The van der Waals surface area contributed by atoms with E-state index in [9.17, 15) is 19.4 Å². The first-order valence-electron chi connectivity index (χ1n) is 26.0. The third-order valence-corrected chi connectivity index (χ3v) is 12.2. The van der Waals surface area contributed by atoms with Crippen molar-refractivity contribution in [2.75, 3.05) is 33.0 Å². The minimum Gasteiger partial charge on any atom is -0.457 e. The van der Waals surface area contributed by atoms with Crippen LogP contribution in [0.1, 0.15) is 245 Å². The predicted octanol–water partition coefficient (Wildman–Crippen LogP) is 15.2. The molecule has 3 unspecified atom stereocenters. The Labute approximate surface area is 382 Å². The summed E-state index contributed by atoms with van der Waals surface area (Å²) in [6.45, 7) is 3.53. The average molecular weight is 899 g/mol. The van der Waals surface area contributed by atoms with Gasteiger partial charge in [-0.3, -0.25) is 13.8 Å². The monoisotopic (exact) mass is 899 g/mol. The fraction of sp³-hybridized carbons (Fsp3) is 0.865. The molecule has 0 fully saturated rings. The molecule has 0 aromatic heterocycles. The van der Waals surface area contributed by atoms with Gasteiger partial charge in [-0.2, -0.15) is 0 Å². The van der Waals surface area contributed by atoms with Gasteiger partial charge < -0.3 is 24.6 Å². The number of phosphoric acid groups is 1. The summed E-state index contributed by atoms with van der Waals surface area (Å²) in [4.78, 5) is 22.7. The number of phosphoric ester groups is 1. The van der Waals surface area contributed by atoms with Gasteiger partial charge in [-0.25, -0.2) is 4.57 Å². The zero-order valence-corrected chi connectivity index (χ0v) is 41.2. The van der Waals surface area contributed by atoms with Gasteiger partial charge in [0.15, 0.2) is 0 Å². The van der Waals surface area contributed by atoms with Crippen molar-refractivity contribution in [1.29, 1.82) is 0 Å². The van der Waals surface area contributed by atoms with Crippen molar-refractivity contribution in [2.24, 2.45) is 0 Å². The summed E-state index contributed by atoms with van der Waals surface area (Å²) in [6.07, 6.45) is 55.4. The van der Waals surface area contributed by atoms with Crippen molar-refractivity contribution in [3.63, 3.8) is 0 Å². The highest BCUT2D eigenvalue weighted by Gasteiger charge is 2.26. The quantitative estimate of drug-likeness (QED) is 0.0236. The number of aliphatic hydroxyl groups is 2. The van der Waals surface area contributed by atoms with Crippen molar-refractivity contribution in [2.45, 2.75) is 257 Å². The Morgan fingerprint density at radius 1 is 0.500 bits per heavy atom. The summed E-state index contributed by atoms with van der Waals surface area (Å²) in [6, 6.07) is 0. The fourth-order valence-electron chi connectivity index (χ4n) is 7.32. The highest BCUT2D eigenvalue weighted by atomic mass is 31.2. The molecule has 0 heterocycles. The van der Waals surface area contributed by atoms with E-state index >= 15 is 0 Å². The van der Waals surface area contributed by atoms with Gasteiger partial charge in [-0.15, -0.1) is 0 Å². The maximum atomic E-state index is 12.7. The number of carbonyl (C=O) groups is 1. The Bertz CT molecular complexity index is 1060. The van der Waals surface area contributed by atoms with E-state index in [1.165, 1.54) is 167 Å². The fourth-order valence-corrected chi connectivity index (χ4v) is 8.11. The third-order valence-electron chi connectivity index (χ3n) is 11.3. The molecular formula is C52H99O9P. The molecule has 0 spiro atoms. The second-order valence-electron chi connectivity index (χ2n) is 17.5. The molecular weight excluding hydrogens is 800 g/mol. The summed E-state index contributed by atoms with van der Waals surface area (Å²) in [7, 11) is -4.52. The van der Waals surface area contributed by atoms with Crippen LogP contribution in [0.2, 0.25) is 0 Å². The molecule has 0 saturated heterocycles. The molecule has 3 N–H and O–H groups in total. The van der Waals surface area contributed by atoms with Crippen molar-refractivity contribution in [3.05, 3.63) is 36.5 Å². The van der Waals surface area contributed by atoms with E-state index in [1.54, 1.807) is 0 Å². The molecule has 366 valence electrons. The van der Waals surface area contributed by atoms with E-state index in [2.05, 4.69) is 50.3 Å². The van der Waals surface area contributed by atoms with Gasteiger partial charge in [-0.05, 0) is 70.6 Å². The number of carbonyl (C=O) groups excluding carboxylic acids is 1. The second-order valence-corrected chi connectivity index (χ2v) is 19.0. The summed E-state index contributed by atoms with van der Waals surface area (Å²) in [5, 5.41) is 18.4. The maximum Gasteiger partial charge on any atom is 0.472 e. The minimum atomic E-state index is -4.52. The van der Waals surface area contributed by atoms with Gasteiger partial charge in [0.1, 0.15) is 12.2 Å².